The Morgan fingerprint density at radius 3 is 2.75 bits per heavy atom. The van der Waals surface area contributed by atoms with Gasteiger partial charge < -0.3 is 5.32 Å². The van der Waals surface area contributed by atoms with Crippen molar-refractivity contribution in [2.24, 2.45) is 0 Å². The van der Waals surface area contributed by atoms with Gasteiger partial charge in [-0.1, -0.05) is 0 Å². The second-order valence-electron chi connectivity index (χ2n) is 3.24. The molecule has 1 unspecified atom stereocenters. The molecule has 0 bridgehead atoms. The lowest BCUT2D eigenvalue weighted by Crippen LogP contribution is -2.31. The number of hydrogen-bond donors (Lipinski definition) is 1. The lowest BCUT2D eigenvalue weighted by atomic mass is 10.4. The van der Waals surface area contributed by atoms with Crippen molar-refractivity contribution in [2.75, 3.05) is 11.6 Å². The monoisotopic (exact) mass is 282 g/mol. The minimum absolute atomic E-state index is 0.258. The fourth-order valence-electron chi connectivity index (χ4n) is 0.827. The molecular formula is C8H11ClN2O3S2. The zero-order chi connectivity index (χ0) is 12.3. The maximum Gasteiger partial charge on any atom is 0.244 e. The first-order valence-electron chi connectivity index (χ1n) is 4.34. The third-order valence-electron chi connectivity index (χ3n) is 1.93. The molecule has 0 aliphatic heterocycles. The molecule has 1 aromatic heterocycles. The molecule has 0 radical (unpaired) electrons. The quantitative estimate of drug-likeness (QED) is 0.844. The Labute approximate surface area is 103 Å². The van der Waals surface area contributed by atoms with Crippen molar-refractivity contribution >= 4 is 43.8 Å². The highest BCUT2D eigenvalue weighted by atomic mass is 35.5. The van der Waals surface area contributed by atoms with Crippen LogP contribution in [-0.2, 0) is 20.5 Å². The van der Waals surface area contributed by atoms with E-state index in [2.05, 4.69) is 10.3 Å². The lowest BCUT2D eigenvalue weighted by Gasteiger charge is -2.07. The van der Waals surface area contributed by atoms with Gasteiger partial charge in [0.15, 0.2) is 15.0 Å². The van der Waals surface area contributed by atoms with Gasteiger partial charge in [-0.3, -0.25) is 4.79 Å². The molecule has 1 atom stereocenters. The van der Waals surface area contributed by atoms with Crippen LogP contribution in [0.25, 0.3) is 0 Å². The van der Waals surface area contributed by atoms with Crippen molar-refractivity contribution in [1.29, 1.82) is 0 Å². The van der Waals surface area contributed by atoms with Crippen LogP contribution in [-0.4, -0.2) is 30.8 Å². The minimum Gasteiger partial charge on any atom is -0.301 e. The Morgan fingerprint density at radius 1 is 1.69 bits per heavy atom. The van der Waals surface area contributed by atoms with Gasteiger partial charge in [-0.2, -0.15) is 0 Å². The third kappa shape index (κ3) is 3.43. The van der Waals surface area contributed by atoms with E-state index in [1.165, 1.54) is 18.3 Å². The van der Waals surface area contributed by atoms with E-state index in [0.29, 0.717) is 10.8 Å². The Hall–Kier alpha value is -0.660. The summed E-state index contributed by atoms with van der Waals surface area (Å²) < 4.78 is 22.3. The number of sulfone groups is 1. The molecule has 8 heteroatoms. The van der Waals surface area contributed by atoms with Crippen molar-refractivity contribution < 1.29 is 13.2 Å². The Balaban J connectivity index is 2.72. The zero-order valence-corrected chi connectivity index (χ0v) is 11.1. The van der Waals surface area contributed by atoms with Crippen LogP contribution < -0.4 is 5.32 Å². The van der Waals surface area contributed by atoms with E-state index in [0.717, 1.165) is 6.26 Å². The van der Waals surface area contributed by atoms with E-state index >= 15 is 0 Å². The second-order valence-corrected chi connectivity index (χ2v) is 6.73. The number of nitrogens with one attached hydrogen (secondary N) is 1. The molecule has 1 heterocycles. The molecule has 90 valence electrons. The van der Waals surface area contributed by atoms with Crippen molar-refractivity contribution in [2.45, 2.75) is 18.1 Å². The normalized spacial score (nSPS) is 13.4. The summed E-state index contributed by atoms with van der Waals surface area (Å²) >= 11 is 6.76. The number of aromatic nitrogens is 1. The van der Waals surface area contributed by atoms with Gasteiger partial charge in [0.1, 0.15) is 5.25 Å². The molecule has 16 heavy (non-hydrogen) atoms. The Bertz CT molecular complexity index is 483. The number of rotatable bonds is 4. The van der Waals surface area contributed by atoms with Gasteiger partial charge in [-0.05, 0) is 6.92 Å². The molecule has 0 saturated heterocycles. The van der Waals surface area contributed by atoms with Crippen LogP contribution in [0.4, 0.5) is 5.13 Å². The molecule has 5 nitrogen and oxygen atoms in total. The predicted octanol–water partition coefficient (Wildman–Crippen LogP) is 1.25. The number of alkyl halides is 1. The molecule has 1 aromatic rings. The largest absolute Gasteiger partial charge is 0.301 e. The highest BCUT2D eigenvalue weighted by molar-refractivity contribution is 7.92. The molecule has 0 aliphatic rings. The first-order valence-corrected chi connectivity index (χ1v) is 7.71. The summed E-state index contributed by atoms with van der Waals surface area (Å²) in [5, 5.41) is 3.41. The van der Waals surface area contributed by atoms with E-state index in [9.17, 15) is 13.2 Å². The summed E-state index contributed by atoms with van der Waals surface area (Å²) in [7, 11) is -3.38. The smallest absolute Gasteiger partial charge is 0.244 e. The summed E-state index contributed by atoms with van der Waals surface area (Å²) in [6, 6.07) is 0. The average Bonchev–Trinajstić information content (AvgIpc) is 2.63. The van der Waals surface area contributed by atoms with Gasteiger partial charge in [0, 0.05) is 11.6 Å². The van der Waals surface area contributed by atoms with Crippen molar-refractivity contribution in [3.63, 3.8) is 0 Å². The van der Waals surface area contributed by atoms with Gasteiger partial charge in [-0.25, -0.2) is 13.4 Å². The Morgan fingerprint density at radius 2 is 2.31 bits per heavy atom. The number of nitrogens with zero attached hydrogens (tertiary/aromatic N) is 1. The number of hydrogen-bond acceptors (Lipinski definition) is 5. The summed E-state index contributed by atoms with van der Waals surface area (Å²) in [4.78, 5) is 15.5. The minimum atomic E-state index is -3.38. The molecule has 0 spiro atoms. The molecule has 0 aliphatic carbocycles. The van der Waals surface area contributed by atoms with Crippen LogP contribution in [0.1, 0.15) is 12.6 Å². The van der Waals surface area contributed by atoms with Gasteiger partial charge in [0.05, 0.1) is 11.6 Å². The van der Waals surface area contributed by atoms with Crippen molar-refractivity contribution in [3.8, 4) is 0 Å². The maximum atomic E-state index is 11.5. The van der Waals surface area contributed by atoms with Crippen LogP contribution in [0.15, 0.2) is 5.38 Å². The molecular weight excluding hydrogens is 272 g/mol. The van der Waals surface area contributed by atoms with Gasteiger partial charge in [-0.15, -0.1) is 22.9 Å². The topological polar surface area (TPSA) is 76.1 Å². The summed E-state index contributed by atoms with van der Waals surface area (Å²) in [6.07, 6.45) is 1.02. The first kappa shape index (κ1) is 13.4. The fourth-order valence-corrected chi connectivity index (χ4v) is 2.22. The van der Waals surface area contributed by atoms with Gasteiger partial charge >= 0.3 is 0 Å². The maximum absolute atomic E-state index is 11.5. The lowest BCUT2D eigenvalue weighted by molar-refractivity contribution is -0.115. The zero-order valence-electron chi connectivity index (χ0n) is 8.73. The van der Waals surface area contributed by atoms with Gasteiger partial charge in [0.25, 0.3) is 0 Å². The number of thiazole rings is 1. The fraction of sp³-hybridized carbons (Fsp3) is 0.500. The van der Waals surface area contributed by atoms with Gasteiger partial charge in [0.2, 0.25) is 5.91 Å². The van der Waals surface area contributed by atoms with Crippen LogP contribution in [0.3, 0.4) is 0 Å². The SMILES string of the molecule is CC(C(=O)Nc1nc(CCl)cs1)S(C)(=O)=O. The van der Waals surface area contributed by atoms with E-state index in [4.69, 9.17) is 11.6 Å². The first-order chi connectivity index (χ1) is 7.34. The molecule has 0 saturated carbocycles. The predicted molar refractivity (Wildman–Crippen MR) is 64.6 cm³/mol. The molecule has 1 N–H and O–H groups in total. The molecule has 1 rings (SSSR count). The van der Waals surface area contributed by atoms with Crippen molar-refractivity contribution in [3.05, 3.63) is 11.1 Å². The highest BCUT2D eigenvalue weighted by Crippen LogP contribution is 2.17. The van der Waals surface area contributed by atoms with Crippen LogP contribution >= 0.6 is 22.9 Å². The Kier molecular flexibility index (Phi) is 4.28. The summed E-state index contributed by atoms with van der Waals surface area (Å²) in [5.74, 6) is -0.327. The van der Waals surface area contributed by atoms with E-state index < -0.39 is 21.0 Å². The number of amides is 1. The van der Waals surface area contributed by atoms with Crippen LogP contribution in [0, 0.1) is 0 Å². The standard InChI is InChI=1S/C8H11ClN2O3S2/c1-5(16(2,13)14)7(12)11-8-10-6(3-9)4-15-8/h4-5H,3H2,1-2H3,(H,10,11,12). The molecule has 0 aromatic carbocycles. The van der Waals surface area contributed by atoms with Crippen LogP contribution in [0.2, 0.25) is 0 Å². The number of carbonyl (C=O) groups excluding carboxylic acids is 1. The van der Waals surface area contributed by atoms with E-state index in [-0.39, 0.29) is 5.88 Å². The second kappa shape index (κ2) is 5.11. The van der Waals surface area contributed by atoms with Crippen molar-refractivity contribution in [1.82, 2.24) is 4.98 Å². The molecule has 1 amide bonds. The van der Waals surface area contributed by atoms with E-state index in [1.54, 1.807) is 5.38 Å². The third-order valence-corrected chi connectivity index (χ3v) is 4.51. The number of anilines is 1. The number of halogens is 1. The molecule has 0 fully saturated rings. The number of carbonyl (C=O) groups is 1. The summed E-state index contributed by atoms with van der Waals surface area (Å²) in [6.45, 7) is 1.33. The van der Waals surface area contributed by atoms with Crippen LogP contribution in [0.5, 0.6) is 0 Å². The highest BCUT2D eigenvalue weighted by Gasteiger charge is 2.24. The van der Waals surface area contributed by atoms with E-state index in [1.807, 2.05) is 0 Å². The average molecular weight is 283 g/mol. The summed E-state index contributed by atoms with van der Waals surface area (Å²) in [5.41, 5.74) is 0.647.